The van der Waals surface area contributed by atoms with E-state index in [0.717, 1.165) is 11.4 Å². The van der Waals surface area contributed by atoms with Crippen LogP contribution in [-0.4, -0.2) is 34.1 Å². The first kappa shape index (κ1) is 10.9. The van der Waals surface area contributed by atoms with Crippen molar-refractivity contribution in [1.29, 1.82) is 0 Å². The largest absolute Gasteiger partial charge is 0.372 e. The zero-order chi connectivity index (χ0) is 10.2. The molecule has 0 saturated carbocycles. The van der Waals surface area contributed by atoms with Gasteiger partial charge in [-0.2, -0.15) is 12.6 Å². The van der Waals surface area contributed by atoms with Gasteiger partial charge in [0.15, 0.2) is 0 Å². The third-order valence-corrected chi connectivity index (χ3v) is 3.34. The summed E-state index contributed by atoms with van der Waals surface area (Å²) in [6.07, 6.45) is -0.523. The standard InChI is InChI=1S/C9H18N2OS/c1-5(4-13)6(2)11-7(3)8(10)9(11)12/h7-9,12-13H,4,10H2,1-3H3/b6-5-/t7-,8?,9?/m1/s1. The van der Waals surface area contributed by atoms with Gasteiger partial charge in [-0.15, -0.1) is 0 Å². The molecule has 3 nitrogen and oxygen atoms in total. The molecule has 2 unspecified atom stereocenters. The molecule has 0 aromatic rings. The number of hydrogen-bond donors (Lipinski definition) is 3. The summed E-state index contributed by atoms with van der Waals surface area (Å²) in [7, 11) is 0. The van der Waals surface area contributed by atoms with E-state index in [1.807, 2.05) is 25.7 Å². The van der Waals surface area contributed by atoms with Crippen LogP contribution in [-0.2, 0) is 0 Å². The average molecular weight is 202 g/mol. The zero-order valence-corrected chi connectivity index (χ0v) is 9.25. The molecule has 3 N–H and O–H groups in total. The lowest BCUT2D eigenvalue weighted by molar-refractivity contribution is -0.109. The Morgan fingerprint density at radius 1 is 1.54 bits per heavy atom. The van der Waals surface area contributed by atoms with Crippen molar-refractivity contribution in [3.05, 3.63) is 11.3 Å². The van der Waals surface area contributed by atoms with Crippen molar-refractivity contribution in [2.45, 2.75) is 39.1 Å². The molecule has 1 rings (SSSR count). The second kappa shape index (κ2) is 3.90. The highest BCUT2D eigenvalue weighted by molar-refractivity contribution is 7.80. The smallest absolute Gasteiger partial charge is 0.144 e. The van der Waals surface area contributed by atoms with Gasteiger partial charge in [-0.05, 0) is 26.3 Å². The number of nitrogens with zero attached hydrogens (tertiary/aromatic N) is 1. The van der Waals surface area contributed by atoms with Gasteiger partial charge in [-0.1, -0.05) is 0 Å². The van der Waals surface area contributed by atoms with Gasteiger partial charge in [0.1, 0.15) is 6.23 Å². The average Bonchev–Trinajstić information content (AvgIpc) is 2.16. The topological polar surface area (TPSA) is 49.5 Å². The van der Waals surface area contributed by atoms with E-state index in [4.69, 9.17) is 5.73 Å². The Hall–Kier alpha value is -0.190. The monoisotopic (exact) mass is 202 g/mol. The van der Waals surface area contributed by atoms with Crippen LogP contribution in [0.2, 0.25) is 0 Å². The van der Waals surface area contributed by atoms with Gasteiger partial charge in [-0.3, -0.25) is 0 Å². The minimum absolute atomic E-state index is 0.123. The fourth-order valence-electron chi connectivity index (χ4n) is 1.60. The van der Waals surface area contributed by atoms with Gasteiger partial charge in [0.25, 0.3) is 0 Å². The number of hydrogen-bond acceptors (Lipinski definition) is 4. The summed E-state index contributed by atoms with van der Waals surface area (Å²) in [5.41, 5.74) is 7.98. The molecule has 1 heterocycles. The lowest BCUT2D eigenvalue weighted by Crippen LogP contribution is -2.69. The molecule has 0 aliphatic carbocycles. The van der Waals surface area contributed by atoms with E-state index in [9.17, 15) is 5.11 Å². The molecule has 0 radical (unpaired) electrons. The predicted molar refractivity (Wildman–Crippen MR) is 57.5 cm³/mol. The molecule has 0 aromatic heterocycles. The minimum atomic E-state index is -0.523. The lowest BCUT2D eigenvalue weighted by Gasteiger charge is -2.51. The van der Waals surface area contributed by atoms with E-state index < -0.39 is 6.23 Å². The van der Waals surface area contributed by atoms with E-state index in [-0.39, 0.29) is 12.1 Å². The van der Waals surface area contributed by atoms with Crippen molar-refractivity contribution in [1.82, 2.24) is 4.90 Å². The van der Waals surface area contributed by atoms with Crippen molar-refractivity contribution in [2.24, 2.45) is 5.73 Å². The number of likely N-dealkylation sites (tertiary alicyclic amines) is 1. The molecule has 1 aliphatic heterocycles. The number of aliphatic hydroxyl groups is 1. The number of rotatable bonds is 2. The zero-order valence-electron chi connectivity index (χ0n) is 8.36. The van der Waals surface area contributed by atoms with Gasteiger partial charge < -0.3 is 15.7 Å². The van der Waals surface area contributed by atoms with Crippen LogP contribution in [0.5, 0.6) is 0 Å². The molecule has 76 valence electrons. The molecule has 13 heavy (non-hydrogen) atoms. The molecule has 0 spiro atoms. The van der Waals surface area contributed by atoms with Gasteiger partial charge in [0.2, 0.25) is 0 Å². The maximum Gasteiger partial charge on any atom is 0.144 e. The van der Waals surface area contributed by atoms with Crippen molar-refractivity contribution in [3.63, 3.8) is 0 Å². The van der Waals surface area contributed by atoms with Crippen LogP contribution in [0.4, 0.5) is 0 Å². The summed E-state index contributed by atoms with van der Waals surface area (Å²) in [5.74, 6) is 0.719. The summed E-state index contributed by atoms with van der Waals surface area (Å²) in [5, 5.41) is 9.60. The summed E-state index contributed by atoms with van der Waals surface area (Å²) in [6, 6.07) is 0.104. The van der Waals surface area contributed by atoms with E-state index >= 15 is 0 Å². The maximum absolute atomic E-state index is 9.60. The molecule has 4 heteroatoms. The first-order valence-electron chi connectivity index (χ1n) is 4.50. The Labute approximate surface area is 85.0 Å². The van der Waals surface area contributed by atoms with Gasteiger partial charge in [0, 0.05) is 17.5 Å². The summed E-state index contributed by atoms with van der Waals surface area (Å²) in [4.78, 5) is 1.94. The van der Waals surface area contributed by atoms with Gasteiger partial charge in [0.05, 0.1) is 6.04 Å². The van der Waals surface area contributed by atoms with Crippen LogP contribution in [0.25, 0.3) is 0 Å². The van der Waals surface area contributed by atoms with E-state index in [0.29, 0.717) is 0 Å². The Balaban J connectivity index is 2.75. The molecular formula is C9H18N2OS. The maximum atomic E-state index is 9.60. The second-order valence-electron chi connectivity index (χ2n) is 3.66. The molecule has 1 aliphatic rings. The fraction of sp³-hybridized carbons (Fsp3) is 0.778. The highest BCUT2D eigenvalue weighted by Gasteiger charge is 2.42. The van der Waals surface area contributed by atoms with Crippen LogP contribution < -0.4 is 5.73 Å². The molecular weight excluding hydrogens is 184 g/mol. The highest BCUT2D eigenvalue weighted by atomic mass is 32.1. The van der Waals surface area contributed by atoms with Crippen LogP contribution in [0.1, 0.15) is 20.8 Å². The van der Waals surface area contributed by atoms with Crippen LogP contribution in [0, 0.1) is 0 Å². The van der Waals surface area contributed by atoms with Crippen molar-refractivity contribution in [2.75, 3.05) is 5.75 Å². The minimum Gasteiger partial charge on any atom is -0.372 e. The number of aliphatic hydroxyl groups excluding tert-OH is 1. The van der Waals surface area contributed by atoms with E-state index in [2.05, 4.69) is 12.6 Å². The third kappa shape index (κ3) is 1.71. The van der Waals surface area contributed by atoms with E-state index in [1.54, 1.807) is 0 Å². The first-order chi connectivity index (χ1) is 6.00. The molecule has 0 aromatic carbocycles. The predicted octanol–water partition coefficient (Wildman–Crippen LogP) is 0.560. The first-order valence-corrected chi connectivity index (χ1v) is 5.13. The molecule has 0 amide bonds. The van der Waals surface area contributed by atoms with Crippen molar-refractivity contribution in [3.8, 4) is 0 Å². The summed E-state index contributed by atoms with van der Waals surface area (Å²) >= 11 is 4.20. The number of thiol groups is 1. The Morgan fingerprint density at radius 2 is 2.08 bits per heavy atom. The Kier molecular flexibility index (Phi) is 3.27. The van der Waals surface area contributed by atoms with Gasteiger partial charge in [-0.25, -0.2) is 0 Å². The highest BCUT2D eigenvalue weighted by Crippen LogP contribution is 2.28. The van der Waals surface area contributed by atoms with Crippen molar-refractivity contribution < 1.29 is 5.11 Å². The van der Waals surface area contributed by atoms with Crippen LogP contribution >= 0.6 is 12.6 Å². The molecule has 0 bridgehead atoms. The van der Waals surface area contributed by atoms with Crippen LogP contribution in [0.15, 0.2) is 11.3 Å². The second-order valence-corrected chi connectivity index (χ2v) is 3.98. The Morgan fingerprint density at radius 3 is 2.46 bits per heavy atom. The number of nitrogens with two attached hydrogens (primary N) is 1. The quantitative estimate of drug-likeness (QED) is 0.574. The lowest BCUT2D eigenvalue weighted by atomic mass is 9.95. The fourth-order valence-corrected chi connectivity index (χ4v) is 1.83. The SMILES string of the molecule is C/C(CS)=C(\C)N1C(O)C(N)[C@H]1C. The molecule has 1 saturated heterocycles. The van der Waals surface area contributed by atoms with Crippen LogP contribution in [0.3, 0.4) is 0 Å². The summed E-state index contributed by atoms with van der Waals surface area (Å²) < 4.78 is 0. The summed E-state index contributed by atoms with van der Waals surface area (Å²) in [6.45, 7) is 6.04. The van der Waals surface area contributed by atoms with Crippen molar-refractivity contribution >= 4 is 12.6 Å². The molecule has 3 atom stereocenters. The van der Waals surface area contributed by atoms with E-state index in [1.165, 1.54) is 5.57 Å². The normalized spacial score (nSPS) is 35.5. The molecule has 1 fully saturated rings. The van der Waals surface area contributed by atoms with Gasteiger partial charge >= 0.3 is 0 Å². The third-order valence-electron chi connectivity index (χ3n) is 2.87. The Bertz CT molecular complexity index is 220. The number of allylic oxidation sites excluding steroid dienone is 1.